The lowest BCUT2D eigenvalue weighted by atomic mass is 9.85. The molecule has 36 heavy (non-hydrogen) atoms. The first kappa shape index (κ1) is 25.7. The summed E-state index contributed by atoms with van der Waals surface area (Å²) in [6, 6.07) is 2.41. The maximum absolute atomic E-state index is 7.76. The minimum Gasteiger partial charge on any atom is -0.486 e. The molecule has 0 saturated heterocycles. The first-order chi connectivity index (χ1) is 17.1. The van der Waals surface area contributed by atoms with Gasteiger partial charge in [0.25, 0.3) is 0 Å². The Morgan fingerprint density at radius 1 is 0.778 bits per heavy atom. The van der Waals surface area contributed by atoms with Gasteiger partial charge in [-0.3, -0.25) is 26.2 Å². The molecule has 15 nitrogen and oxygen atoms in total. The van der Waals surface area contributed by atoms with E-state index in [1.54, 1.807) is 30.7 Å². The molecule has 2 aromatic rings. The largest absolute Gasteiger partial charge is 0.486 e. The Morgan fingerprint density at radius 3 is 1.67 bits per heavy atom. The SMILES string of the molecule is C=C(N)Nc1cnccc1O[C@H]1C[C@@H](Oc2ccncc2NC(=N)N)[C@H](NC(=N)N)C[C@@H]1NC(=N)N. The molecule has 0 spiro atoms. The highest BCUT2D eigenvalue weighted by Gasteiger charge is 2.41. The molecule has 3 rings (SSSR count). The smallest absolute Gasteiger partial charge is 0.190 e. The van der Waals surface area contributed by atoms with E-state index in [2.05, 4.69) is 37.8 Å². The van der Waals surface area contributed by atoms with Gasteiger partial charge in [0.1, 0.15) is 35.1 Å². The van der Waals surface area contributed by atoms with E-state index in [0.717, 1.165) is 0 Å². The molecule has 192 valence electrons. The zero-order chi connectivity index (χ0) is 26.2. The van der Waals surface area contributed by atoms with E-state index in [9.17, 15) is 0 Å². The molecular formula is C21H31N13O2. The average molecular weight is 498 g/mol. The fourth-order valence-corrected chi connectivity index (χ4v) is 3.90. The standard InChI is InChI=1S/C21H31N13O2/c1-10(22)31-13-8-29-4-2-15(13)35-17-7-18(12(33-20(25)26)6-11(17)32-19(23)24)36-16-3-5-30-9-14(16)34-21(27)28/h2-5,8-9,11-12,17-18,31H,1,6-7,22H2,(H4,23,24,32)(H4,25,26,33)(H4,27,28,34)/t11-,12+,17-,18+/m0/s1. The molecule has 0 bridgehead atoms. The second-order valence-electron chi connectivity index (χ2n) is 8.05. The van der Waals surface area contributed by atoms with Crippen LogP contribution in [0.3, 0.4) is 0 Å². The Morgan fingerprint density at radius 2 is 1.25 bits per heavy atom. The second kappa shape index (κ2) is 11.5. The maximum Gasteiger partial charge on any atom is 0.190 e. The van der Waals surface area contributed by atoms with Crippen molar-refractivity contribution < 1.29 is 9.47 Å². The predicted molar refractivity (Wildman–Crippen MR) is 137 cm³/mol. The molecule has 0 aliphatic heterocycles. The van der Waals surface area contributed by atoms with E-state index in [1.807, 2.05) is 0 Å². The Kier molecular flexibility index (Phi) is 8.17. The highest BCUT2D eigenvalue weighted by Crippen LogP contribution is 2.33. The Bertz CT molecular complexity index is 1040. The van der Waals surface area contributed by atoms with Crippen LogP contribution >= 0.6 is 0 Å². The van der Waals surface area contributed by atoms with E-state index < -0.39 is 24.3 Å². The summed E-state index contributed by atoms with van der Waals surface area (Å²) in [4.78, 5) is 8.13. The van der Waals surface area contributed by atoms with Crippen molar-refractivity contribution in [1.29, 1.82) is 16.2 Å². The fourth-order valence-electron chi connectivity index (χ4n) is 3.90. The van der Waals surface area contributed by atoms with E-state index in [1.165, 1.54) is 6.20 Å². The Balaban J connectivity index is 1.92. The molecule has 4 atom stereocenters. The first-order valence-electron chi connectivity index (χ1n) is 10.9. The van der Waals surface area contributed by atoms with Crippen LogP contribution < -0.4 is 53.7 Å². The predicted octanol–water partition coefficient (Wildman–Crippen LogP) is -0.684. The molecule has 2 heterocycles. The third-order valence-electron chi connectivity index (χ3n) is 5.24. The van der Waals surface area contributed by atoms with Crippen LogP contribution in [-0.2, 0) is 0 Å². The Hall–Kier alpha value is -4.95. The number of nitrogens with zero attached hydrogens (tertiary/aromatic N) is 2. The van der Waals surface area contributed by atoms with Crippen molar-refractivity contribution in [2.75, 3.05) is 10.6 Å². The topological polar surface area (TPSA) is 268 Å². The summed E-state index contributed by atoms with van der Waals surface area (Å²) < 4.78 is 12.6. The fraction of sp³-hybridized carbons (Fsp3) is 0.286. The van der Waals surface area contributed by atoms with Crippen molar-refractivity contribution in [2.24, 2.45) is 22.9 Å². The summed E-state index contributed by atoms with van der Waals surface area (Å²) in [6.07, 6.45) is 5.69. The number of nitrogens with two attached hydrogens (primary N) is 4. The van der Waals surface area contributed by atoms with Gasteiger partial charge in [-0.25, -0.2) is 0 Å². The molecular weight excluding hydrogens is 466 g/mol. The van der Waals surface area contributed by atoms with Crippen molar-refractivity contribution in [3.8, 4) is 11.5 Å². The van der Waals surface area contributed by atoms with Crippen molar-refractivity contribution >= 4 is 29.3 Å². The molecule has 1 saturated carbocycles. The Labute approximate surface area is 207 Å². The van der Waals surface area contributed by atoms with Crippen molar-refractivity contribution in [3.63, 3.8) is 0 Å². The van der Waals surface area contributed by atoms with E-state index in [4.69, 9.17) is 48.6 Å². The zero-order valence-corrected chi connectivity index (χ0v) is 19.4. The number of hydrogen-bond donors (Lipinski definition) is 11. The van der Waals surface area contributed by atoms with Gasteiger partial charge in [-0.2, -0.15) is 0 Å². The van der Waals surface area contributed by atoms with Crippen LogP contribution in [0, 0.1) is 16.2 Å². The van der Waals surface area contributed by atoms with Gasteiger partial charge < -0.3 is 53.7 Å². The second-order valence-corrected chi connectivity index (χ2v) is 8.05. The number of anilines is 2. The number of nitrogens with one attached hydrogen (secondary N) is 7. The van der Waals surface area contributed by atoms with Gasteiger partial charge >= 0.3 is 0 Å². The molecule has 2 aromatic heterocycles. The minimum absolute atomic E-state index is 0.213. The summed E-state index contributed by atoms with van der Waals surface area (Å²) >= 11 is 0. The molecule has 0 radical (unpaired) electrons. The number of ether oxygens (including phenoxy) is 2. The average Bonchev–Trinajstić information content (AvgIpc) is 2.77. The number of hydrogen-bond acceptors (Lipinski definition) is 9. The van der Waals surface area contributed by atoms with Crippen LogP contribution in [0.25, 0.3) is 0 Å². The van der Waals surface area contributed by atoms with Crippen LogP contribution in [-0.4, -0.2) is 52.1 Å². The van der Waals surface area contributed by atoms with Crippen molar-refractivity contribution in [2.45, 2.75) is 37.1 Å². The minimum atomic E-state index is -0.554. The molecule has 1 aliphatic carbocycles. The first-order valence-corrected chi connectivity index (χ1v) is 10.9. The highest BCUT2D eigenvalue weighted by atomic mass is 16.5. The van der Waals surface area contributed by atoms with Crippen LogP contribution in [0.5, 0.6) is 11.5 Å². The summed E-state index contributed by atoms with van der Waals surface area (Å²) in [6.45, 7) is 3.65. The maximum atomic E-state index is 7.76. The van der Waals surface area contributed by atoms with E-state index in [-0.39, 0.29) is 23.7 Å². The van der Waals surface area contributed by atoms with Gasteiger partial charge in [0.15, 0.2) is 17.9 Å². The van der Waals surface area contributed by atoms with Gasteiger partial charge in [0.2, 0.25) is 0 Å². The number of pyridine rings is 2. The third-order valence-corrected chi connectivity index (χ3v) is 5.24. The lowest BCUT2D eigenvalue weighted by molar-refractivity contribution is 0.0304. The summed E-state index contributed by atoms with van der Waals surface area (Å²) in [5, 5.41) is 34.5. The molecule has 0 amide bonds. The van der Waals surface area contributed by atoms with Gasteiger partial charge in [-0.15, -0.1) is 0 Å². The molecule has 1 fully saturated rings. The molecule has 1 aliphatic rings. The van der Waals surface area contributed by atoms with Gasteiger partial charge in [-0.05, 0) is 6.42 Å². The summed E-state index contributed by atoms with van der Waals surface area (Å²) in [5.74, 6) is 0.305. The highest BCUT2D eigenvalue weighted by molar-refractivity contribution is 5.91. The lowest BCUT2D eigenvalue weighted by Crippen LogP contribution is -2.61. The molecule has 15 N–H and O–H groups in total. The van der Waals surface area contributed by atoms with Crippen LogP contribution in [0.1, 0.15) is 12.8 Å². The molecule has 0 unspecified atom stereocenters. The summed E-state index contributed by atoms with van der Waals surface area (Å²) in [7, 11) is 0. The van der Waals surface area contributed by atoms with Crippen LogP contribution in [0.15, 0.2) is 49.3 Å². The number of guanidine groups is 3. The van der Waals surface area contributed by atoms with E-state index in [0.29, 0.717) is 35.7 Å². The third kappa shape index (κ3) is 7.02. The number of rotatable bonds is 9. The van der Waals surface area contributed by atoms with Crippen molar-refractivity contribution in [1.82, 2.24) is 20.6 Å². The van der Waals surface area contributed by atoms with Gasteiger partial charge in [-0.1, -0.05) is 6.58 Å². The van der Waals surface area contributed by atoms with Gasteiger partial charge in [0, 0.05) is 30.9 Å². The molecule has 0 aromatic carbocycles. The monoisotopic (exact) mass is 497 g/mol. The van der Waals surface area contributed by atoms with Crippen LogP contribution in [0.2, 0.25) is 0 Å². The number of aromatic nitrogens is 2. The summed E-state index contributed by atoms with van der Waals surface area (Å²) in [5.41, 5.74) is 23.4. The van der Waals surface area contributed by atoms with Crippen molar-refractivity contribution in [3.05, 3.63) is 49.3 Å². The van der Waals surface area contributed by atoms with E-state index >= 15 is 0 Å². The zero-order valence-electron chi connectivity index (χ0n) is 19.4. The van der Waals surface area contributed by atoms with Gasteiger partial charge in [0.05, 0.1) is 30.3 Å². The normalized spacial score (nSPS) is 20.9. The van der Waals surface area contributed by atoms with Crippen LogP contribution in [0.4, 0.5) is 11.4 Å². The lowest BCUT2D eigenvalue weighted by Gasteiger charge is -2.42. The molecule has 15 heteroatoms. The quantitative estimate of drug-likeness (QED) is 0.152.